The molecule has 1 aliphatic heterocycles. The summed E-state index contributed by atoms with van der Waals surface area (Å²) in [7, 11) is -1.53. The van der Waals surface area contributed by atoms with Crippen LogP contribution in [0.15, 0.2) is 30.3 Å². The molecule has 22 heavy (non-hydrogen) atoms. The number of hydrogen-bond donors (Lipinski definition) is 0. The van der Waals surface area contributed by atoms with Crippen LogP contribution >= 0.6 is 0 Å². The zero-order chi connectivity index (χ0) is 16.2. The molecule has 0 saturated carbocycles. The molecule has 1 heterocycles. The monoisotopic (exact) mass is 325 g/mol. The molecular weight excluding hydrogens is 298 g/mol. The summed E-state index contributed by atoms with van der Waals surface area (Å²) in [6.07, 6.45) is 1.44. The molecule has 1 unspecified atom stereocenters. The third-order valence-electron chi connectivity index (χ3n) is 4.51. The van der Waals surface area contributed by atoms with E-state index in [1.165, 1.54) is 5.56 Å². The minimum absolute atomic E-state index is 0.0407. The fourth-order valence-electron chi connectivity index (χ4n) is 3.19. The molecule has 2 rings (SSSR count). The van der Waals surface area contributed by atoms with Gasteiger partial charge in [0.25, 0.3) is 0 Å². The maximum absolute atomic E-state index is 12.5. The lowest BCUT2D eigenvalue weighted by molar-refractivity contribution is 0.194. The van der Waals surface area contributed by atoms with Gasteiger partial charge in [0.1, 0.15) is 0 Å². The van der Waals surface area contributed by atoms with Gasteiger partial charge in [-0.1, -0.05) is 44.2 Å². The van der Waals surface area contributed by atoms with Crippen LogP contribution in [0.2, 0.25) is 0 Å². The molecule has 124 valence electrons. The first-order valence-electron chi connectivity index (χ1n) is 7.88. The van der Waals surface area contributed by atoms with Crippen LogP contribution in [0.3, 0.4) is 0 Å². The molecule has 5 heteroatoms. The first kappa shape index (κ1) is 17.4. The number of sulfonamides is 1. The third kappa shape index (κ3) is 4.09. The summed E-state index contributed by atoms with van der Waals surface area (Å²) in [6, 6.07) is 10.2. The van der Waals surface area contributed by atoms with Crippen molar-refractivity contribution in [2.45, 2.75) is 32.6 Å². The Labute approximate surface area is 134 Å². The van der Waals surface area contributed by atoms with Crippen molar-refractivity contribution in [3.63, 3.8) is 0 Å². The Hall–Kier alpha value is -0.910. The highest BCUT2D eigenvalue weighted by Gasteiger charge is 2.44. The summed E-state index contributed by atoms with van der Waals surface area (Å²) in [5.41, 5.74) is 1.19. The molecule has 0 spiro atoms. The molecule has 1 aromatic carbocycles. The van der Waals surface area contributed by atoms with Crippen LogP contribution in [0.5, 0.6) is 0 Å². The lowest BCUT2D eigenvalue weighted by Gasteiger charge is -2.25. The van der Waals surface area contributed by atoms with Gasteiger partial charge in [0, 0.05) is 32.7 Å². The van der Waals surface area contributed by atoms with Gasteiger partial charge >= 0.3 is 0 Å². The van der Waals surface area contributed by atoms with Crippen LogP contribution in [0.1, 0.15) is 38.2 Å². The fourth-order valence-corrected chi connectivity index (χ4v) is 4.93. The molecule has 1 saturated heterocycles. The topological polar surface area (TPSA) is 46.6 Å². The van der Waals surface area contributed by atoms with Crippen LogP contribution in [-0.2, 0) is 14.8 Å². The van der Waals surface area contributed by atoms with Crippen molar-refractivity contribution in [3.05, 3.63) is 35.9 Å². The van der Waals surface area contributed by atoms with E-state index in [1.807, 2.05) is 18.2 Å². The van der Waals surface area contributed by atoms with E-state index < -0.39 is 10.0 Å². The summed E-state index contributed by atoms with van der Waals surface area (Å²) in [5, 5.41) is 0. The summed E-state index contributed by atoms with van der Waals surface area (Å²) in [5.74, 6) is 0.468. The van der Waals surface area contributed by atoms with Crippen molar-refractivity contribution in [1.82, 2.24) is 4.31 Å². The SMILES string of the molecule is COCCCCS(=O)(=O)N1CC(c2ccccc2)C(C)(C)C1. The van der Waals surface area contributed by atoms with Gasteiger partial charge in [-0.3, -0.25) is 0 Å². The molecule has 0 bridgehead atoms. The van der Waals surface area contributed by atoms with Crippen LogP contribution in [-0.4, -0.2) is 45.3 Å². The molecule has 4 nitrogen and oxygen atoms in total. The molecule has 0 aromatic heterocycles. The molecule has 1 aromatic rings. The van der Waals surface area contributed by atoms with E-state index in [9.17, 15) is 8.42 Å². The Morgan fingerprint density at radius 3 is 2.55 bits per heavy atom. The minimum atomic E-state index is -3.17. The molecule has 0 radical (unpaired) electrons. The third-order valence-corrected chi connectivity index (χ3v) is 6.38. The van der Waals surface area contributed by atoms with Crippen LogP contribution in [0, 0.1) is 5.41 Å². The predicted octanol–water partition coefficient (Wildman–Crippen LogP) is 2.87. The van der Waals surface area contributed by atoms with Crippen LogP contribution in [0.4, 0.5) is 0 Å². The number of methoxy groups -OCH3 is 1. The van der Waals surface area contributed by atoms with Gasteiger partial charge in [0.2, 0.25) is 10.0 Å². The first-order chi connectivity index (χ1) is 10.4. The second-order valence-electron chi connectivity index (χ2n) is 6.76. The van der Waals surface area contributed by atoms with E-state index in [4.69, 9.17) is 4.74 Å². The maximum Gasteiger partial charge on any atom is 0.214 e. The van der Waals surface area contributed by atoms with Crippen molar-refractivity contribution < 1.29 is 13.2 Å². The molecule has 1 fully saturated rings. The highest BCUT2D eigenvalue weighted by atomic mass is 32.2. The van der Waals surface area contributed by atoms with E-state index in [1.54, 1.807) is 11.4 Å². The lowest BCUT2D eigenvalue weighted by atomic mass is 9.78. The Balaban J connectivity index is 2.05. The quantitative estimate of drug-likeness (QED) is 0.724. The zero-order valence-electron chi connectivity index (χ0n) is 13.8. The molecule has 0 aliphatic carbocycles. The summed E-state index contributed by atoms with van der Waals surface area (Å²) < 4.78 is 31.8. The number of benzene rings is 1. The average Bonchev–Trinajstić information content (AvgIpc) is 2.81. The Kier molecular flexibility index (Phi) is 5.64. The van der Waals surface area contributed by atoms with Crippen LogP contribution < -0.4 is 0 Å². The van der Waals surface area contributed by atoms with Gasteiger partial charge in [-0.05, 0) is 23.8 Å². The molecule has 1 atom stereocenters. The number of ether oxygens (including phenoxy) is 1. The van der Waals surface area contributed by atoms with E-state index >= 15 is 0 Å². The van der Waals surface area contributed by atoms with E-state index in [-0.39, 0.29) is 17.1 Å². The van der Waals surface area contributed by atoms with E-state index in [0.717, 1.165) is 6.42 Å². The predicted molar refractivity (Wildman–Crippen MR) is 89.4 cm³/mol. The fraction of sp³-hybridized carbons (Fsp3) is 0.647. The maximum atomic E-state index is 12.5. The van der Waals surface area contributed by atoms with Gasteiger partial charge in [0.15, 0.2) is 0 Å². The van der Waals surface area contributed by atoms with Crippen LogP contribution in [0.25, 0.3) is 0 Å². The number of rotatable bonds is 7. The normalized spacial score (nSPS) is 22.0. The first-order valence-corrected chi connectivity index (χ1v) is 9.49. The van der Waals surface area contributed by atoms with Gasteiger partial charge in [-0.25, -0.2) is 12.7 Å². The molecule has 1 aliphatic rings. The summed E-state index contributed by atoms with van der Waals surface area (Å²) in [6.45, 7) is 6.12. The summed E-state index contributed by atoms with van der Waals surface area (Å²) in [4.78, 5) is 0. The van der Waals surface area contributed by atoms with Gasteiger partial charge in [-0.2, -0.15) is 0 Å². The minimum Gasteiger partial charge on any atom is -0.385 e. The van der Waals surface area contributed by atoms with Crippen molar-refractivity contribution in [1.29, 1.82) is 0 Å². The second kappa shape index (κ2) is 7.11. The average molecular weight is 325 g/mol. The standard InChI is InChI=1S/C17H27NO3S/c1-17(2)14-18(22(19,20)12-8-7-11-21-3)13-16(17)15-9-5-4-6-10-15/h4-6,9-10,16H,7-8,11-14H2,1-3H3. The molecule has 0 N–H and O–H groups in total. The summed E-state index contributed by atoms with van der Waals surface area (Å²) >= 11 is 0. The zero-order valence-corrected chi connectivity index (χ0v) is 14.6. The largest absolute Gasteiger partial charge is 0.385 e. The van der Waals surface area contributed by atoms with Crippen molar-refractivity contribution in [2.75, 3.05) is 32.6 Å². The van der Waals surface area contributed by atoms with Crippen molar-refractivity contribution in [2.24, 2.45) is 5.41 Å². The van der Waals surface area contributed by atoms with E-state index in [0.29, 0.717) is 26.1 Å². The lowest BCUT2D eigenvalue weighted by Crippen LogP contribution is -2.32. The number of unbranched alkanes of at least 4 members (excludes halogenated alkanes) is 1. The van der Waals surface area contributed by atoms with Crippen molar-refractivity contribution in [3.8, 4) is 0 Å². The van der Waals surface area contributed by atoms with Crippen molar-refractivity contribution >= 4 is 10.0 Å². The molecular formula is C17H27NO3S. The van der Waals surface area contributed by atoms with Gasteiger partial charge < -0.3 is 4.74 Å². The van der Waals surface area contributed by atoms with Gasteiger partial charge in [-0.15, -0.1) is 0 Å². The Morgan fingerprint density at radius 1 is 1.23 bits per heavy atom. The Morgan fingerprint density at radius 2 is 1.91 bits per heavy atom. The highest BCUT2D eigenvalue weighted by molar-refractivity contribution is 7.89. The molecule has 0 amide bonds. The smallest absolute Gasteiger partial charge is 0.214 e. The number of hydrogen-bond acceptors (Lipinski definition) is 3. The Bertz CT molecular complexity index is 569. The van der Waals surface area contributed by atoms with E-state index in [2.05, 4.69) is 26.0 Å². The second-order valence-corrected chi connectivity index (χ2v) is 8.85. The number of nitrogens with zero attached hydrogens (tertiary/aromatic N) is 1. The highest BCUT2D eigenvalue weighted by Crippen LogP contribution is 2.43. The van der Waals surface area contributed by atoms with Gasteiger partial charge in [0.05, 0.1) is 5.75 Å².